The number of hydrogen-bond acceptors (Lipinski definition) is 3. The summed E-state index contributed by atoms with van der Waals surface area (Å²) in [5, 5.41) is 3.89. The van der Waals surface area contributed by atoms with Crippen molar-refractivity contribution in [3.05, 3.63) is 91.0 Å². The first-order valence-corrected chi connectivity index (χ1v) is 16.3. The average molecular weight is 550 g/mol. The first kappa shape index (κ1) is 23.3. The van der Waals surface area contributed by atoms with Crippen LogP contribution in [0.4, 0.5) is 0 Å². The van der Waals surface area contributed by atoms with Crippen LogP contribution < -0.4 is 15.9 Å². The molecule has 0 aliphatic carbocycles. The fourth-order valence-corrected chi connectivity index (χ4v) is 16.0. The number of hydrogen-bond donors (Lipinski definition) is 0. The molecular weight excluding hydrogens is 522 g/mol. The Morgan fingerprint density at radius 3 is 1.60 bits per heavy atom. The van der Waals surface area contributed by atoms with E-state index in [1.807, 2.05) is 11.8 Å². The monoisotopic (exact) mass is 550 g/mol. The van der Waals surface area contributed by atoms with Gasteiger partial charge in [-0.1, -0.05) is 0 Å². The van der Waals surface area contributed by atoms with Gasteiger partial charge in [-0.05, 0) is 0 Å². The SMILES string of the molecule is CCSCC(CC(=O)OC)P(I)(c1ccccc1)(c1ccccc1)c1ccccc1. The van der Waals surface area contributed by atoms with Crippen LogP contribution in [0, 0.1) is 0 Å². The Kier molecular flexibility index (Phi) is 8.00. The fourth-order valence-electron chi connectivity index (χ4n) is 4.14. The van der Waals surface area contributed by atoms with Crippen LogP contribution in [0.5, 0.6) is 0 Å². The Labute approximate surface area is 197 Å². The van der Waals surface area contributed by atoms with Gasteiger partial charge in [0.2, 0.25) is 0 Å². The van der Waals surface area contributed by atoms with Crippen LogP contribution in [-0.4, -0.2) is 30.2 Å². The van der Waals surface area contributed by atoms with E-state index in [0.29, 0.717) is 6.42 Å². The van der Waals surface area contributed by atoms with E-state index >= 15 is 0 Å². The molecule has 0 N–H and O–H groups in total. The predicted octanol–water partition coefficient (Wildman–Crippen LogP) is 5.55. The zero-order valence-electron chi connectivity index (χ0n) is 17.4. The third-order valence-corrected chi connectivity index (χ3v) is 19.9. The third-order valence-electron chi connectivity index (χ3n) is 5.61. The Hall–Kier alpha value is -1.36. The van der Waals surface area contributed by atoms with E-state index in [4.69, 9.17) is 4.74 Å². The maximum absolute atomic E-state index is 12.7. The minimum absolute atomic E-state index is 0.112. The molecule has 0 heterocycles. The van der Waals surface area contributed by atoms with Crippen molar-refractivity contribution >= 4 is 59.9 Å². The summed E-state index contributed by atoms with van der Waals surface area (Å²) in [5.74, 6) is 1.76. The third kappa shape index (κ3) is 4.19. The Morgan fingerprint density at radius 1 is 0.867 bits per heavy atom. The zero-order chi connectivity index (χ0) is 21.5. The molecule has 3 aromatic carbocycles. The van der Waals surface area contributed by atoms with Gasteiger partial charge in [0.25, 0.3) is 0 Å². The molecule has 0 saturated carbocycles. The van der Waals surface area contributed by atoms with E-state index in [1.54, 1.807) is 0 Å². The topological polar surface area (TPSA) is 26.3 Å². The van der Waals surface area contributed by atoms with Crippen LogP contribution >= 0.6 is 38.0 Å². The number of ether oxygens (including phenoxy) is 1. The molecule has 0 saturated heterocycles. The molecule has 3 aromatic rings. The van der Waals surface area contributed by atoms with Crippen LogP contribution in [0.25, 0.3) is 0 Å². The molecule has 0 fully saturated rings. The summed E-state index contributed by atoms with van der Waals surface area (Å²) >= 11 is 4.66. The van der Waals surface area contributed by atoms with Crippen molar-refractivity contribution < 1.29 is 9.53 Å². The summed E-state index contributed by atoms with van der Waals surface area (Å²) in [5.41, 5.74) is 0.112. The Bertz CT molecular complexity index is 851. The number of carbonyl (C=O) groups excluding carboxylic acids is 1. The second-order valence-electron chi connectivity index (χ2n) is 7.17. The molecule has 3 rings (SSSR count). The summed E-state index contributed by atoms with van der Waals surface area (Å²) in [6.45, 7) is 2.18. The number of methoxy groups -OCH3 is 1. The van der Waals surface area contributed by atoms with Gasteiger partial charge in [0.15, 0.2) is 0 Å². The number of esters is 1. The molecule has 0 radical (unpaired) electrons. The molecule has 1 unspecified atom stereocenters. The van der Waals surface area contributed by atoms with Gasteiger partial charge in [-0.15, -0.1) is 0 Å². The van der Waals surface area contributed by atoms with Gasteiger partial charge < -0.3 is 0 Å². The average Bonchev–Trinajstić information content (AvgIpc) is 2.82. The quantitative estimate of drug-likeness (QED) is 0.199. The summed E-state index contributed by atoms with van der Waals surface area (Å²) < 4.78 is 2.13. The molecule has 0 aliphatic rings. The standard InChI is InChI=1S/C25H28IO2PS/c1-3-30-20-24(19-25(27)28-2)29(26,21-13-7-4-8-14-21,22-15-9-5-10-16-22)23-17-11-6-12-18-23/h4-18,24H,3,19-20H2,1-2H3. The first-order valence-electron chi connectivity index (χ1n) is 10.1. The van der Waals surface area contributed by atoms with Gasteiger partial charge in [0.1, 0.15) is 0 Å². The molecule has 0 aromatic heterocycles. The molecule has 30 heavy (non-hydrogen) atoms. The van der Waals surface area contributed by atoms with E-state index < -0.39 is 4.25 Å². The van der Waals surface area contributed by atoms with Crippen LogP contribution in [0.3, 0.4) is 0 Å². The maximum atomic E-state index is 12.7. The number of benzene rings is 3. The summed E-state index contributed by atoms with van der Waals surface area (Å²) in [6, 6.07) is 32.3. The minimum atomic E-state index is -3.04. The summed E-state index contributed by atoms with van der Waals surface area (Å²) in [7, 11) is 1.49. The van der Waals surface area contributed by atoms with E-state index in [0.717, 1.165) is 11.5 Å². The second-order valence-corrected chi connectivity index (χ2v) is 18.9. The number of rotatable bonds is 9. The number of halogens is 1. The molecule has 0 amide bonds. The Morgan fingerprint density at radius 2 is 1.27 bits per heavy atom. The zero-order valence-corrected chi connectivity index (χ0v) is 21.3. The summed E-state index contributed by atoms with van der Waals surface area (Å²) in [4.78, 5) is 12.7. The van der Waals surface area contributed by atoms with Crippen molar-refractivity contribution in [2.75, 3.05) is 18.6 Å². The molecule has 158 valence electrons. The molecule has 0 aliphatic heterocycles. The fraction of sp³-hybridized carbons (Fsp3) is 0.240. The van der Waals surface area contributed by atoms with Gasteiger partial charge in [-0.3, -0.25) is 0 Å². The van der Waals surface area contributed by atoms with E-state index in [2.05, 4.69) is 120 Å². The molecule has 0 spiro atoms. The second kappa shape index (κ2) is 10.3. The normalized spacial score (nSPS) is 13.8. The van der Waals surface area contributed by atoms with Gasteiger partial charge in [-0.2, -0.15) is 0 Å². The van der Waals surface area contributed by atoms with E-state index in [-0.39, 0.29) is 11.6 Å². The first-order chi connectivity index (χ1) is 14.6. The van der Waals surface area contributed by atoms with Crippen molar-refractivity contribution in [2.24, 2.45) is 0 Å². The van der Waals surface area contributed by atoms with Crippen LogP contribution in [-0.2, 0) is 9.53 Å². The summed E-state index contributed by atoms with van der Waals surface area (Å²) in [6.07, 6.45) is 0.392. The predicted molar refractivity (Wildman–Crippen MR) is 143 cm³/mol. The van der Waals surface area contributed by atoms with Gasteiger partial charge in [0, 0.05) is 0 Å². The number of thioether (sulfide) groups is 1. The van der Waals surface area contributed by atoms with Crippen molar-refractivity contribution in [3.8, 4) is 0 Å². The molecule has 5 heteroatoms. The van der Waals surface area contributed by atoms with Crippen molar-refractivity contribution in [1.29, 1.82) is 0 Å². The van der Waals surface area contributed by atoms with Gasteiger partial charge in [0.05, 0.1) is 0 Å². The van der Waals surface area contributed by atoms with Crippen molar-refractivity contribution in [3.63, 3.8) is 0 Å². The van der Waals surface area contributed by atoms with Crippen molar-refractivity contribution in [2.45, 2.75) is 19.0 Å². The van der Waals surface area contributed by atoms with Gasteiger partial charge >= 0.3 is 198 Å². The van der Waals surface area contributed by atoms with E-state index in [9.17, 15) is 4.79 Å². The number of carbonyl (C=O) groups is 1. The van der Waals surface area contributed by atoms with E-state index in [1.165, 1.54) is 23.0 Å². The van der Waals surface area contributed by atoms with Gasteiger partial charge in [-0.25, -0.2) is 0 Å². The molecular formula is C25H28IO2PS. The van der Waals surface area contributed by atoms with Crippen LogP contribution in [0.1, 0.15) is 13.3 Å². The molecule has 2 nitrogen and oxygen atoms in total. The van der Waals surface area contributed by atoms with Crippen molar-refractivity contribution in [1.82, 2.24) is 0 Å². The molecule has 0 bridgehead atoms. The molecule has 1 atom stereocenters. The van der Waals surface area contributed by atoms with Crippen LogP contribution in [0.2, 0.25) is 0 Å². The Balaban J connectivity index is 2.43. The van der Waals surface area contributed by atoms with Crippen LogP contribution in [0.15, 0.2) is 91.0 Å².